The SMILES string of the molecule is O=c1n(-c2ccccc2)c(=O)n2n1[C@H]1C=C[C@H]2[C@@]23C=C[C@]12CC=CC3. The molecule has 0 radical (unpaired) electrons. The van der Waals surface area contributed by atoms with Crippen molar-refractivity contribution in [2.45, 2.75) is 24.9 Å². The zero-order chi connectivity index (χ0) is 16.8. The predicted molar refractivity (Wildman–Crippen MR) is 93.9 cm³/mol. The van der Waals surface area contributed by atoms with Crippen LogP contribution < -0.4 is 11.4 Å². The highest BCUT2D eigenvalue weighted by Gasteiger charge is 2.67. The second-order valence-electron chi connectivity index (χ2n) is 7.49. The molecule has 2 aromatic rings. The Balaban J connectivity index is 1.68. The molecule has 0 N–H and O–H groups in total. The van der Waals surface area contributed by atoms with Crippen LogP contribution in [0.5, 0.6) is 0 Å². The first-order valence-electron chi connectivity index (χ1n) is 8.75. The molecule has 0 fully saturated rings. The molecule has 1 aromatic carbocycles. The Kier molecular flexibility index (Phi) is 2.18. The van der Waals surface area contributed by atoms with Gasteiger partial charge >= 0.3 is 11.4 Å². The van der Waals surface area contributed by atoms with E-state index < -0.39 is 0 Å². The van der Waals surface area contributed by atoms with Gasteiger partial charge in [0.15, 0.2) is 0 Å². The fourth-order valence-electron chi connectivity index (χ4n) is 5.50. The van der Waals surface area contributed by atoms with Gasteiger partial charge in [0.1, 0.15) is 0 Å². The number of hydrogen-bond donors (Lipinski definition) is 0. The number of benzene rings is 1. The molecule has 0 unspecified atom stereocenters. The fourth-order valence-corrected chi connectivity index (χ4v) is 5.50. The van der Waals surface area contributed by atoms with Crippen LogP contribution in [0.15, 0.2) is 76.4 Å². The molecule has 5 heteroatoms. The lowest BCUT2D eigenvalue weighted by atomic mass is 9.43. The quantitative estimate of drug-likeness (QED) is 0.753. The van der Waals surface area contributed by atoms with Crippen molar-refractivity contribution in [1.29, 1.82) is 0 Å². The first-order valence-corrected chi connectivity index (χ1v) is 8.75. The third-order valence-corrected chi connectivity index (χ3v) is 6.70. The van der Waals surface area contributed by atoms with Crippen molar-refractivity contribution < 1.29 is 0 Å². The van der Waals surface area contributed by atoms with Gasteiger partial charge in [0.05, 0.1) is 17.8 Å². The second-order valence-corrected chi connectivity index (χ2v) is 7.49. The molecule has 124 valence electrons. The third kappa shape index (κ3) is 1.24. The number of nitrogens with zero attached hydrogens (tertiary/aromatic N) is 3. The van der Waals surface area contributed by atoms with Crippen molar-refractivity contribution in [1.82, 2.24) is 13.9 Å². The average Bonchev–Trinajstić information content (AvgIpc) is 2.90. The summed E-state index contributed by atoms with van der Waals surface area (Å²) in [6, 6.07) is 9.00. The Hall–Kier alpha value is -2.82. The standard InChI is InChI=1S/C20H17N3O2/c24-17-21(14-6-2-1-3-7-14)18(25)23-16-9-8-15(22(17)23)19-10-4-5-11-20(16,19)13-12-19/h1-9,12-13,15-16H,10-11H2/t15-,16-,19+,20+/m0/s1. The molecule has 2 aliphatic heterocycles. The van der Waals surface area contributed by atoms with Crippen molar-refractivity contribution in [2.75, 3.05) is 0 Å². The van der Waals surface area contributed by atoms with Gasteiger partial charge in [-0.15, -0.1) is 0 Å². The van der Waals surface area contributed by atoms with Crippen LogP contribution in [0.1, 0.15) is 24.9 Å². The monoisotopic (exact) mass is 331 g/mol. The maximum atomic E-state index is 13.2. The van der Waals surface area contributed by atoms with E-state index in [0.717, 1.165) is 12.8 Å². The topological polar surface area (TPSA) is 48.9 Å². The minimum Gasteiger partial charge on any atom is -0.245 e. The van der Waals surface area contributed by atoms with Gasteiger partial charge in [-0.25, -0.2) is 23.5 Å². The lowest BCUT2D eigenvalue weighted by molar-refractivity contribution is -0.0513. The zero-order valence-corrected chi connectivity index (χ0v) is 13.6. The van der Waals surface area contributed by atoms with Crippen LogP contribution >= 0.6 is 0 Å². The lowest BCUT2D eigenvalue weighted by Crippen LogP contribution is -2.64. The van der Waals surface area contributed by atoms with E-state index in [-0.39, 0.29) is 34.3 Å². The summed E-state index contributed by atoms with van der Waals surface area (Å²) in [7, 11) is 0. The van der Waals surface area contributed by atoms with Crippen molar-refractivity contribution >= 4 is 0 Å². The van der Waals surface area contributed by atoms with E-state index in [1.807, 2.05) is 30.3 Å². The molecule has 0 amide bonds. The Bertz CT molecular complexity index is 1050. The van der Waals surface area contributed by atoms with Crippen LogP contribution in [0.4, 0.5) is 0 Å². The highest BCUT2D eigenvalue weighted by atomic mass is 16.2. The van der Waals surface area contributed by atoms with Gasteiger partial charge in [0, 0.05) is 10.8 Å². The van der Waals surface area contributed by atoms with Crippen molar-refractivity contribution in [3.63, 3.8) is 0 Å². The van der Waals surface area contributed by atoms with Crippen molar-refractivity contribution in [2.24, 2.45) is 10.8 Å². The predicted octanol–water partition coefficient (Wildman–Crippen LogP) is 2.36. The molecule has 2 bridgehead atoms. The lowest BCUT2D eigenvalue weighted by Gasteiger charge is -2.65. The Morgan fingerprint density at radius 2 is 1.32 bits per heavy atom. The zero-order valence-electron chi connectivity index (χ0n) is 13.6. The summed E-state index contributed by atoms with van der Waals surface area (Å²) < 4.78 is 4.70. The number of hydrogen-bond acceptors (Lipinski definition) is 2. The normalized spacial score (nSPS) is 35.8. The van der Waals surface area contributed by atoms with Crippen LogP contribution in [0.2, 0.25) is 0 Å². The van der Waals surface area contributed by atoms with Gasteiger partial charge in [-0.2, -0.15) is 0 Å². The highest BCUT2D eigenvalue weighted by Crippen LogP contribution is 2.71. The van der Waals surface area contributed by atoms with E-state index in [1.54, 1.807) is 9.36 Å². The molecule has 0 spiro atoms. The van der Waals surface area contributed by atoms with Crippen molar-refractivity contribution in [3.8, 4) is 5.69 Å². The molecule has 1 aromatic heterocycles. The Labute approximate surface area is 143 Å². The minimum atomic E-state index is -0.242. The van der Waals surface area contributed by atoms with E-state index in [9.17, 15) is 9.59 Å². The van der Waals surface area contributed by atoms with E-state index >= 15 is 0 Å². The Morgan fingerprint density at radius 3 is 1.80 bits per heavy atom. The maximum absolute atomic E-state index is 13.2. The maximum Gasteiger partial charge on any atom is 0.352 e. The molecule has 3 heterocycles. The molecule has 3 aliphatic carbocycles. The van der Waals surface area contributed by atoms with Gasteiger partial charge in [0.25, 0.3) is 0 Å². The van der Waals surface area contributed by atoms with Crippen LogP contribution in [0, 0.1) is 10.8 Å². The number of aromatic nitrogens is 3. The number of allylic oxidation sites excluding steroid dienone is 6. The highest BCUT2D eigenvalue weighted by molar-refractivity contribution is 5.43. The molecule has 25 heavy (non-hydrogen) atoms. The van der Waals surface area contributed by atoms with Crippen LogP contribution in [0.3, 0.4) is 0 Å². The van der Waals surface area contributed by atoms with Crippen LogP contribution in [-0.2, 0) is 0 Å². The number of para-hydroxylation sites is 1. The van der Waals surface area contributed by atoms with E-state index in [0.29, 0.717) is 5.69 Å². The molecule has 5 aliphatic rings. The summed E-state index contributed by atoms with van der Waals surface area (Å²) in [4.78, 5) is 26.4. The van der Waals surface area contributed by atoms with E-state index in [1.165, 1.54) is 4.57 Å². The van der Waals surface area contributed by atoms with Gasteiger partial charge < -0.3 is 0 Å². The molecular formula is C20H17N3O2. The first-order chi connectivity index (χ1) is 12.2. The molecule has 0 saturated carbocycles. The molecule has 5 nitrogen and oxygen atoms in total. The smallest absolute Gasteiger partial charge is 0.245 e. The van der Waals surface area contributed by atoms with Crippen LogP contribution in [0.25, 0.3) is 5.69 Å². The first kappa shape index (κ1) is 13.5. The third-order valence-electron chi connectivity index (χ3n) is 6.70. The summed E-state index contributed by atoms with van der Waals surface area (Å²) in [5.41, 5.74) is 0.00473. The Morgan fingerprint density at radius 1 is 0.800 bits per heavy atom. The fraction of sp³-hybridized carbons (Fsp3) is 0.300. The second kappa shape index (κ2) is 4.04. The van der Waals surface area contributed by atoms with Gasteiger partial charge in [-0.1, -0.05) is 54.7 Å². The largest absolute Gasteiger partial charge is 0.352 e. The molecule has 4 atom stereocenters. The summed E-state index contributed by atoms with van der Waals surface area (Å²) >= 11 is 0. The van der Waals surface area contributed by atoms with E-state index in [4.69, 9.17) is 0 Å². The van der Waals surface area contributed by atoms with Gasteiger partial charge in [-0.3, -0.25) is 0 Å². The van der Waals surface area contributed by atoms with Gasteiger partial charge in [-0.05, 0) is 25.0 Å². The summed E-state index contributed by atoms with van der Waals surface area (Å²) in [6.45, 7) is 0. The molecule has 7 rings (SSSR count). The molecular weight excluding hydrogens is 314 g/mol. The minimum absolute atomic E-state index is 0.0691. The number of rotatable bonds is 1. The van der Waals surface area contributed by atoms with E-state index in [2.05, 4.69) is 36.5 Å². The molecule has 0 saturated heterocycles. The van der Waals surface area contributed by atoms with Crippen LogP contribution in [-0.4, -0.2) is 13.9 Å². The van der Waals surface area contributed by atoms with Gasteiger partial charge in [0.2, 0.25) is 0 Å². The van der Waals surface area contributed by atoms with Crippen molar-refractivity contribution in [3.05, 3.63) is 87.8 Å². The summed E-state index contributed by atoms with van der Waals surface area (Å²) in [5.74, 6) is 0. The summed E-state index contributed by atoms with van der Waals surface area (Å²) in [6.07, 6.45) is 15.1. The summed E-state index contributed by atoms with van der Waals surface area (Å²) in [5, 5.41) is 0. The average molecular weight is 331 g/mol.